The van der Waals surface area contributed by atoms with Gasteiger partial charge in [-0.3, -0.25) is 4.68 Å². The minimum atomic E-state index is 0.0910. The molecule has 0 bridgehead atoms. The van der Waals surface area contributed by atoms with E-state index in [0.717, 1.165) is 18.9 Å². The highest BCUT2D eigenvalue weighted by molar-refractivity contribution is 5.30. The van der Waals surface area contributed by atoms with Crippen LogP contribution in [0.25, 0.3) is 0 Å². The summed E-state index contributed by atoms with van der Waals surface area (Å²) >= 11 is 0. The van der Waals surface area contributed by atoms with Crippen molar-refractivity contribution in [2.75, 3.05) is 19.6 Å². The number of aromatic nitrogens is 2. The van der Waals surface area contributed by atoms with Crippen LogP contribution < -0.4 is 0 Å². The lowest BCUT2D eigenvalue weighted by Crippen LogP contribution is -2.34. The molecule has 3 heteroatoms. The Morgan fingerprint density at radius 1 is 1.00 bits per heavy atom. The molecule has 0 spiro atoms. The molecule has 146 valence electrons. The number of fused-ring (bicyclic) bond motifs is 1. The minimum absolute atomic E-state index is 0.0910. The van der Waals surface area contributed by atoms with Crippen LogP contribution >= 0.6 is 0 Å². The van der Waals surface area contributed by atoms with Crippen LogP contribution in [0.2, 0.25) is 0 Å². The van der Waals surface area contributed by atoms with Gasteiger partial charge in [-0.05, 0) is 89.4 Å². The van der Waals surface area contributed by atoms with Crippen LogP contribution in [0.5, 0.6) is 0 Å². The molecule has 2 heterocycles. The summed E-state index contributed by atoms with van der Waals surface area (Å²) in [5.74, 6) is 0.746. The van der Waals surface area contributed by atoms with Crippen LogP contribution in [0.15, 0.2) is 30.3 Å². The van der Waals surface area contributed by atoms with Gasteiger partial charge in [0.2, 0.25) is 0 Å². The number of hydrogen-bond acceptors (Lipinski definition) is 2. The second-order valence-corrected chi connectivity index (χ2v) is 9.44. The maximum atomic E-state index is 5.10. The molecule has 0 amide bonds. The highest BCUT2D eigenvalue weighted by Gasteiger charge is 2.27. The van der Waals surface area contributed by atoms with E-state index in [1.54, 1.807) is 5.56 Å². The second kappa shape index (κ2) is 7.79. The molecule has 0 N–H and O–H groups in total. The van der Waals surface area contributed by atoms with Gasteiger partial charge >= 0.3 is 0 Å². The molecule has 0 atom stereocenters. The molecule has 0 unspecified atom stereocenters. The van der Waals surface area contributed by atoms with Crippen molar-refractivity contribution in [1.29, 1.82) is 0 Å². The highest BCUT2D eigenvalue weighted by Crippen LogP contribution is 2.30. The predicted octanol–water partition coefficient (Wildman–Crippen LogP) is 4.94. The third kappa shape index (κ3) is 4.13. The highest BCUT2D eigenvalue weighted by atomic mass is 15.3. The number of piperidine rings is 1. The Hall–Kier alpha value is -1.61. The average molecular weight is 366 g/mol. The van der Waals surface area contributed by atoms with Gasteiger partial charge < -0.3 is 4.90 Å². The minimum Gasteiger partial charge on any atom is -0.303 e. The molecular formula is C24H35N3. The van der Waals surface area contributed by atoms with Crippen molar-refractivity contribution >= 4 is 0 Å². The molecule has 27 heavy (non-hydrogen) atoms. The van der Waals surface area contributed by atoms with Crippen LogP contribution in [-0.4, -0.2) is 34.3 Å². The lowest BCUT2D eigenvalue weighted by atomic mass is 9.89. The van der Waals surface area contributed by atoms with E-state index in [2.05, 4.69) is 60.7 Å². The number of hydrogen-bond donors (Lipinski definition) is 0. The molecule has 1 saturated heterocycles. The van der Waals surface area contributed by atoms with E-state index in [1.807, 2.05) is 0 Å². The largest absolute Gasteiger partial charge is 0.303 e. The maximum absolute atomic E-state index is 5.10. The summed E-state index contributed by atoms with van der Waals surface area (Å²) in [4.78, 5) is 2.66. The zero-order valence-corrected chi connectivity index (χ0v) is 17.4. The first-order chi connectivity index (χ1) is 13.0. The molecule has 1 aromatic carbocycles. The van der Waals surface area contributed by atoms with Gasteiger partial charge in [-0.2, -0.15) is 5.10 Å². The van der Waals surface area contributed by atoms with Crippen LogP contribution in [0, 0.1) is 0 Å². The number of nitrogens with zero attached hydrogens (tertiary/aromatic N) is 3. The number of benzene rings is 1. The van der Waals surface area contributed by atoms with Crippen molar-refractivity contribution in [3.8, 4) is 0 Å². The fourth-order valence-electron chi connectivity index (χ4n) is 4.91. The topological polar surface area (TPSA) is 21.1 Å². The van der Waals surface area contributed by atoms with Crippen molar-refractivity contribution in [3.63, 3.8) is 0 Å². The normalized spacial score (nSPS) is 19.2. The van der Waals surface area contributed by atoms with E-state index in [4.69, 9.17) is 5.10 Å². The Bertz CT molecular complexity index is 746. The fourth-order valence-corrected chi connectivity index (χ4v) is 4.91. The number of likely N-dealkylation sites (tertiary alicyclic amines) is 1. The van der Waals surface area contributed by atoms with E-state index >= 15 is 0 Å². The zero-order chi connectivity index (χ0) is 18.9. The summed E-state index contributed by atoms with van der Waals surface area (Å²) in [7, 11) is 0. The quantitative estimate of drug-likeness (QED) is 0.765. The number of rotatable bonds is 4. The molecule has 0 saturated carbocycles. The standard InChI is InChI=1S/C24H35N3/c1-24(2,3)27-23-12-8-7-11-21(23)22(25-27)15-18-26-16-13-20(14-17-26)19-9-5-4-6-10-19/h4-6,9-10,20H,7-8,11-18H2,1-3H3. The van der Waals surface area contributed by atoms with Gasteiger partial charge in [0.25, 0.3) is 0 Å². The van der Waals surface area contributed by atoms with Gasteiger partial charge in [-0.15, -0.1) is 0 Å². The van der Waals surface area contributed by atoms with E-state index in [-0.39, 0.29) is 5.54 Å². The summed E-state index contributed by atoms with van der Waals surface area (Å²) in [6.07, 6.45) is 8.79. The Balaban J connectivity index is 1.38. The summed E-state index contributed by atoms with van der Waals surface area (Å²) in [6.45, 7) is 10.5. The third-order valence-electron chi connectivity index (χ3n) is 6.42. The first kappa shape index (κ1) is 18.7. The summed E-state index contributed by atoms with van der Waals surface area (Å²) in [5, 5.41) is 5.10. The third-order valence-corrected chi connectivity index (χ3v) is 6.42. The lowest BCUT2D eigenvalue weighted by Gasteiger charge is -2.32. The first-order valence-corrected chi connectivity index (χ1v) is 10.9. The van der Waals surface area contributed by atoms with Gasteiger partial charge in [0.05, 0.1) is 11.2 Å². The molecule has 3 nitrogen and oxygen atoms in total. The van der Waals surface area contributed by atoms with Crippen LogP contribution in [-0.2, 0) is 24.8 Å². The van der Waals surface area contributed by atoms with Gasteiger partial charge in [0, 0.05) is 18.7 Å². The van der Waals surface area contributed by atoms with Crippen LogP contribution in [0.4, 0.5) is 0 Å². The first-order valence-electron chi connectivity index (χ1n) is 10.9. The van der Waals surface area contributed by atoms with E-state index in [9.17, 15) is 0 Å². The molecule has 1 fully saturated rings. The summed E-state index contributed by atoms with van der Waals surface area (Å²) in [6, 6.07) is 11.1. The average Bonchev–Trinajstić information content (AvgIpc) is 3.07. The van der Waals surface area contributed by atoms with Crippen LogP contribution in [0.1, 0.15) is 74.9 Å². The Labute approximate surface area is 164 Å². The molecule has 4 rings (SSSR count). The fraction of sp³-hybridized carbons (Fsp3) is 0.625. The van der Waals surface area contributed by atoms with Gasteiger partial charge in [-0.25, -0.2) is 0 Å². The molecule has 0 radical (unpaired) electrons. The van der Waals surface area contributed by atoms with Gasteiger partial charge in [0.1, 0.15) is 0 Å². The van der Waals surface area contributed by atoms with Crippen molar-refractivity contribution in [2.45, 2.75) is 77.2 Å². The molecule has 1 aliphatic carbocycles. The summed E-state index contributed by atoms with van der Waals surface area (Å²) < 4.78 is 2.33. The maximum Gasteiger partial charge on any atom is 0.0672 e. The van der Waals surface area contributed by atoms with Gasteiger partial charge in [-0.1, -0.05) is 30.3 Å². The Kier molecular flexibility index (Phi) is 5.41. The molecular weight excluding hydrogens is 330 g/mol. The summed E-state index contributed by atoms with van der Waals surface area (Å²) in [5.41, 5.74) is 6.09. The van der Waals surface area contributed by atoms with E-state index in [0.29, 0.717) is 0 Å². The van der Waals surface area contributed by atoms with Crippen molar-refractivity contribution < 1.29 is 0 Å². The van der Waals surface area contributed by atoms with Crippen molar-refractivity contribution in [1.82, 2.24) is 14.7 Å². The van der Waals surface area contributed by atoms with Crippen LogP contribution in [0.3, 0.4) is 0 Å². The van der Waals surface area contributed by atoms with Crippen molar-refractivity contribution in [3.05, 3.63) is 52.8 Å². The smallest absolute Gasteiger partial charge is 0.0672 e. The Morgan fingerprint density at radius 2 is 1.70 bits per heavy atom. The predicted molar refractivity (Wildman–Crippen MR) is 112 cm³/mol. The molecule has 1 aromatic heterocycles. The zero-order valence-electron chi connectivity index (χ0n) is 17.4. The van der Waals surface area contributed by atoms with E-state index < -0.39 is 0 Å². The monoisotopic (exact) mass is 365 g/mol. The second-order valence-electron chi connectivity index (χ2n) is 9.44. The SMILES string of the molecule is CC(C)(C)n1nc(CCN2CCC(c3ccccc3)CC2)c2c1CCCC2. The lowest BCUT2D eigenvalue weighted by molar-refractivity contribution is 0.213. The van der Waals surface area contributed by atoms with E-state index in [1.165, 1.54) is 68.6 Å². The molecule has 2 aromatic rings. The Morgan fingerprint density at radius 3 is 2.41 bits per heavy atom. The van der Waals surface area contributed by atoms with Crippen molar-refractivity contribution in [2.24, 2.45) is 0 Å². The van der Waals surface area contributed by atoms with Gasteiger partial charge in [0.15, 0.2) is 0 Å². The molecule has 1 aliphatic heterocycles. The molecule has 2 aliphatic rings.